The van der Waals surface area contributed by atoms with Gasteiger partial charge in [-0.25, -0.2) is 4.79 Å². The highest BCUT2D eigenvalue weighted by molar-refractivity contribution is 5.86. The Morgan fingerprint density at radius 3 is 2.72 bits per heavy atom. The highest BCUT2D eigenvalue weighted by atomic mass is 16.5. The Kier molecular flexibility index (Phi) is 15.3. The van der Waals surface area contributed by atoms with Gasteiger partial charge in [0.05, 0.1) is 18.6 Å². The van der Waals surface area contributed by atoms with Crippen molar-refractivity contribution in [2.75, 3.05) is 19.8 Å². The highest BCUT2D eigenvalue weighted by Gasteiger charge is 2.24. The van der Waals surface area contributed by atoms with E-state index in [1.54, 1.807) is 6.92 Å². The molecule has 0 radical (unpaired) electrons. The van der Waals surface area contributed by atoms with E-state index < -0.39 is 24.1 Å². The summed E-state index contributed by atoms with van der Waals surface area (Å²) in [6.45, 7) is 2.15. The number of hydrogen-bond donors (Lipinski definition) is 4. The molecule has 0 fully saturated rings. The van der Waals surface area contributed by atoms with Crippen LogP contribution >= 0.6 is 0 Å². The van der Waals surface area contributed by atoms with Crippen LogP contribution in [0.2, 0.25) is 0 Å². The SMILES string of the molecule is C[C@H](CO)NC(=O)C[C@H]1CC=CCCCCC(=O)OC[C@H](CCCCNC(=O)OCc2ccccc2)NC1=O. The molecule has 0 unspecified atom stereocenters. The first-order valence-electron chi connectivity index (χ1n) is 13.8. The van der Waals surface area contributed by atoms with Crippen LogP contribution in [0.4, 0.5) is 4.79 Å². The number of carbonyl (C=O) groups excluding carboxylic acids is 4. The number of cyclic esters (lactones) is 1. The molecule has 1 aromatic carbocycles. The Morgan fingerprint density at radius 1 is 1.15 bits per heavy atom. The van der Waals surface area contributed by atoms with Gasteiger partial charge in [0.1, 0.15) is 13.2 Å². The molecule has 10 nitrogen and oxygen atoms in total. The standard InChI is InChI=1S/C29H43N3O7/c1-22(19-33)31-26(34)18-24-14-8-3-2-4-9-16-27(35)38-21-25(32-28(24)36)15-10-11-17-30-29(37)39-20-23-12-6-5-7-13-23/h3,5-8,12-13,22,24-25,33H,2,4,9-11,14-21H2,1H3,(H,30,37)(H,31,34)(H,32,36)/t22-,24-,25+/m1/s1. The van der Waals surface area contributed by atoms with Crippen LogP contribution in [0, 0.1) is 5.92 Å². The number of alkyl carbamates (subject to hydrolysis) is 1. The Balaban J connectivity index is 1.87. The molecule has 3 amide bonds. The van der Waals surface area contributed by atoms with Gasteiger partial charge in [0.2, 0.25) is 11.8 Å². The summed E-state index contributed by atoms with van der Waals surface area (Å²) in [5.41, 5.74) is 0.904. The van der Waals surface area contributed by atoms with Crippen LogP contribution in [0.25, 0.3) is 0 Å². The monoisotopic (exact) mass is 545 g/mol. The fraction of sp³-hybridized carbons (Fsp3) is 0.586. The van der Waals surface area contributed by atoms with Gasteiger partial charge in [0, 0.05) is 25.4 Å². The Hall–Kier alpha value is -3.40. The maximum absolute atomic E-state index is 13.1. The first kappa shape index (κ1) is 31.8. The number of carbonyl (C=O) groups is 4. The summed E-state index contributed by atoms with van der Waals surface area (Å²) in [6.07, 6.45) is 8.31. The molecule has 0 aromatic heterocycles. The first-order valence-corrected chi connectivity index (χ1v) is 13.8. The minimum Gasteiger partial charge on any atom is -0.463 e. The van der Waals surface area contributed by atoms with Gasteiger partial charge in [0.15, 0.2) is 0 Å². The van der Waals surface area contributed by atoms with E-state index in [0.29, 0.717) is 38.6 Å². The zero-order valence-corrected chi connectivity index (χ0v) is 22.9. The fourth-order valence-corrected chi connectivity index (χ4v) is 4.06. The molecule has 39 heavy (non-hydrogen) atoms. The molecule has 1 aliphatic heterocycles. The molecule has 0 aliphatic carbocycles. The molecule has 0 spiro atoms. The third-order valence-corrected chi connectivity index (χ3v) is 6.33. The summed E-state index contributed by atoms with van der Waals surface area (Å²) in [5.74, 6) is -1.48. The average Bonchev–Trinajstić information content (AvgIpc) is 2.93. The van der Waals surface area contributed by atoms with Crippen LogP contribution in [0.5, 0.6) is 0 Å². The lowest BCUT2D eigenvalue weighted by atomic mass is 9.97. The van der Waals surface area contributed by atoms with Crippen molar-refractivity contribution in [3.8, 4) is 0 Å². The first-order chi connectivity index (χ1) is 18.9. The molecule has 2 rings (SSSR count). The van der Waals surface area contributed by atoms with Gasteiger partial charge < -0.3 is 30.5 Å². The van der Waals surface area contributed by atoms with Crippen LogP contribution in [0.15, 0.2) is 42.5 Å². The minimum atomic E-state index is -0.589. The van der Waals surface area contributed by atoms with Gasteiger partial charge in [-0.05, 0) is 57.4 Å². The van der Waals surface area contributed by atoms with E-state index in [4.69, 9.17) is 9.47 Å². The van der Waals surface area contributed by atoms with Crippen molar-refractivity contribution in [2.45, 2.75) is 83.4 Å². The molecular formula is C29H43N3O7. The number of nitrogens with one attached hydrogen (secondary N) is 3. The van der Waals surface area contributed by atoms with E-state index in [1.807, 2.05) is 42.5 Å². The number of allylic oxidation sites excluding steroid dienone is 2. The molecule has 3 atom stereocenters. The van der Waals surface area contributed by atoms with Crippen molar-refractivity contribution in [1.82, 2.24) is 16.0 Å². The third-order valence-electron chi connectivity index (χ3n) is 6.33. The Labute approximate surface area is 230 Å². The summed E-state index contributed by atoms with van der Waals surface area (Å²) < 4.78 is 10.6. The number of benzene rings is 1. The molecule has 4 N–H and O–H groups in total. The topological polar surface area (TPSA) is 143 Å². The summed E-state index contributed by atoms with van der Waals surface area (Å²) >= 11 is 0. The number of ether oxygens (including phenoxy) is 2. The molecular weight excluding hydrogens is 502 g/mol. The lowest BCUT2D eigenvalue weighted by Crippen LogP contribution is -2.44. The summed E-state index contributed by atoms with van der Waals surface area (Å²) in [7, 11) is 0. The van der Waals surface area contributed by atoms with E-state index in [0.717, 1.165) is 24.8 Å². The van der Waals surface area contributed by atoms with E-state index in [9.17, 15) is 24.3 Å². The number of unbranched alkanes of at least 4 members (excludes halogenated alkanes) is 1. The average molecular weight is 546 g/mol. The highest BCUT2D eigenvalue weighted by Crippen LogP contribution is 2.14. The molecule has 0 saturated heterocycles. The van der Waals surface area contributed by atoms with E-state index in [-0.39, 0.29) is 44.0 Å². The van der Waals surface area contributed by atoms with Crippen LogP contribution in [0.3, 0.4) is 0 Å². The third kappa shape index (κ3) is 14.4. The van der Waals surface area contributed by atoms with Gasteiger partial charge in [-0.15, -0.1) is 0 Å². The lowest BCUT2D eigenvalue weighted by molar-refractivity contribution is -0.145. The van der Waals surface area contributed by atoms with E-state index >= 15 is 0 Å². The second-order valence-electron chi connectivity index (χ2n) is 9.88. The largest absolute Gasteiger partial charge is 0.463 e. The van der Waals surface area contributed by atoms with Crippen LogP contribution in [-0.4, -0.2) is 60.8 Å². The van der Waals surface area contributed by atoms with Crippen LogP contribution in [-0.2, 0) is 30.5 Å². The number of esters is 1. The van der Waals surface area contributed by atoms with Gasteiger partial charge in [0.25, 0.3) is 0 Å². The van der Waals surface area contributed by atoms with Crippen molar-refractivity contribution < 1.29 is 33.8 Å². The second kappa shape index (κ2) is 18.8. The summed E-state index contributed by atoms with van der Waals surface area (Å²) in [5, 5.41) is 17.6. The van der Waals surface area contributed by atoms with E-state index in [1.165, 1.54) is 0 Å². The van der Waals surface area contributed by atoms with Crippen LogP contribution < -0.4 is 16.0 Å². The summed E-state index contributed by atoms with van der Waals surface area (Å²) in [6, 6.07) is 8.59. The van der Waals surface area contributed by atoms with E-state index in [2.05, 4.69) is 16.0 Å². The number of aliphatic hydroxyl groups is 1. The molecule has 0 bridgehead atoms. The predicted octanol–water partition coefficient (Wildman–Crippen LogP) is 3.13. The molecule has 216 valence electrons. The molecule has 0 saturated carbocycles. The Bertz CT molecular complexity index is 923. The van der Waals surface area contributed by atoms with Crippen molar-refractivity contribution >= 4 is 23.9 Å². The number of hydrogen-bond acceptors (Lipinski definition) is 7. The normalized spacial score (nSPS) is 19.6. The fourth-order valence-electron chi connectivity index (χ4n) is 4.06. The van der Waals surface area contributed by atoms with Crippen molar-refractivity contribution in [2.24, 2.45) is 5.92 Å². The van der Waals surface area contributed by atoms with Crippen LogP contribution in [0.1, 0.15) is 70.3 Å². The predicted molar refractivity (Wildman–Crippen MR) is 146 cm³/mol. The number of aliphatic hydroxyl groups excluding tert-OH is 1. The maximum atomic E-state index is 13.1. The molecule has 1 aromatic rings. The van der Waals surface area contributed by atoms with Gasteiger partial charge in [-0.3, -0.25) is 14.4 Å². The maximum Gasteiger partial charge on any atom is 0.407 e. The van der Waals surface area contributed by atoms with Gasteiger partial charge in [-0.1, -0.05) is 42.5 Å². The second-order valence-corrected chi connectivity index (χ2v) is 9.88. The number of amides is 3. The molecule has 1 aliphatic rings. The van der Waals surface area contributed by atoms with Crippen molar-refractivity contribution in [3.05, 3.63) is 48.0 Å². The molecule has 10 heteroatoms. The Morgan fingerprint density at radius 2 is 1.95 bits per heavy atom. The minimum absolute atomic E-state index is 0.0119. The smallest absolute Gasteiger partial charge is 0.407 e. The lowest BCUT2D eigenvalue weighted by Gasteiger charge is -2.23. The van der Waals surface area contributed by atoms with Crippen molar-refractivity contribution in [1.29, 1.82) is 0 Å². The number of rotatable bonds is 11. The quantitative estimate of drug-likeness (QED) is 0.190. The van der Waals surface area contributed by atoms with Gasteiger partial charge >= 0.3 is 12.1 Å². The zero-order valence-electron chi connectivity index (χ0n) is 22.9. The van der Waals surface area contributed by atoms with Crippen molar-refractivity contribution in [3.63, 3.8) is 0 Å². The van der Waals surface area contributed by atoms with Gasteiger partial charge in [-0.2, -0.15) is 0 Å². The zero-order chi connectivity index (χ0) is 28.3. The molecule has 1 heterocycles. The summed E-state index contributed by atoms with van der Waals surface area (Å²) in [4.78, 5) is 49.6.